The number of nitrogens with one attached hydrogen (secondary N) is 1. The number of thiophene rings is 1. The molecule has 3 rings (SSSR count). The van der Waals surface area contributed by atoms with Gasteiger partial charge in [0.15, 0.2) is 4.77 Å². The van der Waals surface area contributed by atoms with Gasteiger partial charge in [0.05, 0.1) is 5.52 Å². The Morgan fingerprint density at radius 3 is 3.19 bits per heavy atom. The first-order valence-electron chi connectivity index (χ1n) is 5.44. The van der Waals surface area contributed by atoms with Gasteiger partial charge in [0.25, 0.3) is 5.56 Å². The van der Waals surface area contributed by atoms with Crippen molar-refractivity contribution in [2.45, 2.75) is 25.8 Å². The van der Waals surface area contributed by atoms with E-state index < -0.39 is 0 Å². The lowest BCUT2D eigenvalue weighted by Crippen LogP contribution is -2.20. The van der Waals surface area contributed by atoms with E-state index in [4.69, 9.17) is 12.2 Å². The third-order valence-electron chi connectivity index (χ3n) is 3.28. The van der Waals surface area contributed by atoms with Crippen molar-refractivity contribution in [3.8, 4) is 0 Å². The van der Waals surface area contributed by atoms with Crippen LogP contribution in [0.4, 0.5) is 0 Å². The fraction of sp³-hybridized carbons (Fsp3) is 0.455. The van der Waals surface area contributed by atoms with Gasteiger partial charge in [0, 0.05) is 6.04 Å². The summed E-state index contributed by atoms with van der Waals surface area (Å²) in [6, 6.07) is 2.24. The first-order chi connectivity index (χ1) is 7.72. The third-order valence-corrected chi connectivity index (χ3v) is 4.48. The highest BCUT2D eigenvalue weighted by Crippen LogP contribution is 2.44. The molecule has 84 valence electrons. The molecule has 1 N–H and O–H groups in total. The molecule has 0 saturated heterocycles. The van der Waals surface area contributed by atoms with Crippen LogP contribution >= 0.6 is 23.6 Å². The molecule has 1 fully saturated rings. The van der Waals surface area contributed by atoms with Crippen LogP contribution < -0.4 is 5.56 Å². The zero-order valence-corrected chi connectivity index (χ0v) is 10.5. The van der Waals surface area contributed by atoms with Crippen LogP contribution in [0.25, 0.3) is 10.2 Å². The first-order valence-corrected chi connectivity index (χ1v) is 6.73. The molecule has 2 heterocycles. The molecule has 3 nitrogen and oxygen atoms in total. The number of H-pyrrole nitrogens is 1. The Morgan fingerprint density at radius 2 is 2.50 bits per heavy atom. The van der Waals surface area contributed by atoms with Crippen LogP contribution in [0.5, 0.6) is 0 Å². The van der Waals surface area contributed by atoms with E-state index in [0.717, 1.165) is 23.1 Å². The summed E-state index contributed by atoms with van der Waals surface area (Å²) in [6.07, 6.45) is 2.21. The number of aromatic amines is 1. The van der Waals surface area contributed by atoms with E-state index in [9.17, 15) is 4.79 Å². The van der Waals surface area contributed by atoms with E-state index in [1.54, 1.807) is 4.57 Å². The van der Waals surface area contributed by atoms with E-state index in [2.05, 4.69) is 11.9 Å². The summed E-state index contributed by atoms with van der Waals surface area (Å²) >= 11 is 6.74. The molecular weight excluding hydrogens is 240 g/mol. The summed E-state index contributed by atoms with van der Waals surface area (Å²) in [4.78, 5) is 15.4. The molecule has 2 atom stereocenters. The van der Waals surface area contributed by atoms with E-state index in [0.29, 0.717) is 16.7 Å². The van der Waals surface area contributed by atoms with Crippen LogP contribution in [0.2, 0.25) is 0 Å². The van der Waals surface area contributed by atoms with Crippen molar-refractivity contribution in [1.29, 1.82) is 0 Å². The van der Waals surface area contributed by atoms with Gasteiger partial charge in [-0.15, -0.1) is 11.3 Å². The minimum atomic E-state index is 0.0784. The molecule has 0 aromatic carbocycles. The Labute approximate surface area is 102 Å². The van der Waals surface area contributed by atoms with Crippen molar-refractivity contribution in [2.75, 3.05) is 0 Å². The maximum absolute atomic E-state index is 12.2. The Bertz CT molecular complexity index is 652. The summed E-state index contributed by atoms with van der Waals surface area (Å²) in [7, 11) is 0. The maximum atomic E-state index is 12.2. The molecule has 0 amide bonds. The van der Waals surface area contributed by atoms with Crippen molar-refractivity contribution in [3.05, 3.63) is 26.6 Å². The molecule has 1 aliphatic carbocycles. The molecule has 1 saturated carbocycles. The number of fused-ring (bicyclic) bond motifs is 1. The van der Waals surface area contributed by atoms with Gasteiger partial charge < -0.3 is 4.98 Å². The van der Waals surface area contributed by atoms with Crippen molar-refractivity contribution in [2.24, 2.45) is 5.92 Å². The molecule has 0 aliphatic heterocycles. The molecule has 2 aromatic heterocycles. The second kappa shape index (κ2) is 3.53. The Hall–Kier alpha value is -0.940. The highest BCUT2D eigenvalue weighted by molar-refractivity contribution is 7.71. The normalized spacial score (nSPS) is 23.8. The largest absolute Gasteiger partial charge is 0.331 e. The van der Waals surface area contributed by atoms with Crippen LogP contribution in [0.15, 0.2) is 16.2 Å². The van der Waals surface area contributed by atoms with Crippen molar-refractivity contribution in [3.63, 3.8) is 0 Å². The number of rotatable bonds is 2. The second-order valence-electron chi connectivity index (χ2n) is 4.24. The predicted octanol–water partition coefficient (Wildman–Crippen LogP) is 3.09. The highest BCUT2D eigenvalue weighted by Gasteiger charge is 2.38. The standard InChI is InChI=1S/C11H12N2OS2/c1-2-6-5-8(6)13-10(14)9-7(3-4-16-9)12-11(13)15/h3-4,6,8H,2,5H2,1H3,(H,12,15). The smallest absolute Gasteiger partial charge is 0.272 e. The van der Waals surface area contributed by atoms with Gasteiger partial charge in [0.1, 0.15) is 4.70 Å². The lowest BCUT2D eigenvalue weighted by molar-refractivity contribution is 0.610. The van der Waals surface area contributed by atoms with E-state index in [1.165, 1.54) is 11.3 Å². The zero-order valence-electron chi connectivity index (χ0n) is 8.90. The average molecular weight is 252 g/mol. The summed E-state index contributed by atoms with van der Waals surface area (Å²) < 4.78 is 3.12. The van der Waals surface area contributed by atoms with Gasteiger partial charge in [-0.05, 0) is 36.0 Å². The molecule has 0 radical (unpaired) electrons. The molecule has 0 spiro atoms. The SMILES string of the molecule is CCC1CC1n1c(=S)[nH]c2ccsc2c1=O. The van der Waals surface area contributed by atoms with Crippen molar-refractivity contribution >= 4 is 33.8 Å². The van der Waals surface area contributed by atoms with Gasteiger partial charge in [0.2, 0.25) is 0 Å². The van der Waals surface area contributed by atoms with Crippen molar-refractivity contribution < 1.29 is 0 Å². The minimum absolute atomic E-state index is 0.0784. The van der Waals surface area contributed by atoms with Crippen LogP contribution in [-0.2, 0) is 0 Å². The van der Waals surface area contributed by atoms with E-state index >= 15 is 0 Å². The van der Waals surface area contributed by atoms with Gasteiger partial charge >= 0.3 is 0 Å². The summed E-state index contributed by atoms with van der Waals surface area (Å²) in [6.45, 7) is 2.16. The molecule has 1 aliphatic rings. The Morgan fingerprint density at radius 1 is 1.69 bits per heavy atom. The van der Waals surface area contributed by atoms with Gasteiger partial charge in [-0.2, -0.15) is 0 Å². The Kier molecular flexibility index (Phi) is 2.26. The van der Waals surface area contributed by atoms with Crippen LogP contribution in [0.1, 0.15) is 25.8 Å². The molecule has 0 bridgehead atoms. The fourth-order valence-corrected chi connectivity index (χ4v) is 3.35. The van der Waals surface area contributed by atoms with Crippen molar-refractivity contribution in [1.82, 2.24) is 9.55 Å². The lowest BCUT2D eigenvalue weighted by atomic mass is 10.3. The summed E-state index contributed by atoms with van der Waals surface area (Å²) in [5.41, 5.74) is 0.944. The van der Waals surface area contributed by atoms with Gasteiger partial charge in [-0.25, -0.2) is 0 Å². The van der Waals surface area contributed by atoms with Gasteiger partial charge in [-0.1, -0.05) is 13.3 Å². The van der Waals surface area contributed by atoms with E-state index in [-0.39, 0.29) is 5.56 Å². The number of nitrogens with zero attached hydrogens (tertiary/aromatic N) is 1. The monoisotopic (exact) mass is 252 g/mol. The Balaban J connectivity index is 2.25. The first kappa shape index (κ1) is 10.2. The maximum Gasteiger partial charge on any atom is 0.272 e. The lowest BCUT2D eigenvalue weighted by Gasteiger charge is -2.04. The molecular formula is C11H12N2OS2. The van der Waals surface area contributed by atoms with Crippen LogP contribution in [-0.4, -0.2) is 9.55 Å². The quantitative estimate of drug-likeness (QED) is 0.834. The fourth-order valence-electron chi connectivity index (χ4n) is 2.24. The van der Waals surface area contributed by atoms with E-state index in [1.807, 2.05) is 11.4 Å². The molecule has 5 heteroatoms. The third kappa shape index (κ3) is 1.38. The molecule has 2 unspecified atom stereocenters. The molecule has 2 aromatic rings. The second-order valence-corrected chi connectivity index (χ2v) is 5.54. The van der Waals surface area contributed by atoms with Crippen LogP contribution in [0.3, 0.4) is 0 Å². The van der Waals surface area contributed by atoms with Crippen LogP contribution in [0, 0.1) is 10.7 Å². The number of hydrogen-bond donors (Lipinski definition) is 1. The zero-order chi connectivity index (χ0) is 11.3. The topological polar surface area (TPSA) is 37.8 Å². The van der Waals surface area contributed by atoms with Gasteiger partial charge in [-0.3, -0.25) is 9.36 Å². The minimum Gasteiger partial charge on any atom is -0.331 e. The molecule has 16 heavy (non-hydrogen) atoms. The number of aromatic nitrogens is 2. The number of hydrogen-bond acceptors (Lipinski definition) is 3. The predicted molar refractivity (Wildman–Crippen MR) is 68.7 cm³/mol. The highest BCUT2D eigenvalue weighted by atomic mass is 32.1. The average Bonchev–Trinajstić information content (AvgIpc) is 2.87. The summed E-state index contributed by atoms with van der Waals surface area (Å²) in [5, 5.41) is 1.92. The summed E-state index contributed by atoms with van der Waals surface area (Å²) in [5.74, 6) is 0.630.